The summed E-state index contributed by atoms with van der Waals surface area (Å²) in [4.78, 5) is 25.7. The third-order valence-electron chi connectivity index (χ3n) is 3.98. The van der Waals surface area contributed by atoms with Crippen molar-refractivity contribution < 1.29 is 28.2 Å². The zero-order chi connectivity index (χ0) is 18.8. The first-order valence-corrected chi connectivity index (χ1v) is 8.14. The van der Waals surface area contributed by atoms with Gasteiger partial charge in [0.2, 0.25) is 0 Å². The molecule has 1 amide bonds. The molecule has 7 heteroatoms. The number of hydrogen-bond acceptors (Lipinski definition) is 5. The molecule has 0 saturated carbocycles. The monoisotopic (exact) mass is 353 g/mol. The number of likely N-dealkylation sites (tertiary alicyclic amines) is 1. The zero-order valence-electron chi connectivity index (χ0n) is 15.2. The van der Waals surface area contributed by atoms with E-state index in [9.17, 15) is 14.0 Å². The van der Waals surface area contributed by atoms with E-state index in [1.165, 1.54) is 31.3 Å². The van der Waals surface area contributed by atoms with E-state index in [1.54, 1.807) is 20.8 Å². The Bertz CT molecular complexity index is 668. The first-order valence-electron chi connectivity index (χ1n) is 8.14. The SMILES string of the molecule is COC(=O)c1ccc(C2CCCN2C(=O)OC(C)(C)C)c(F)c1OC. The van der Waals surface area contributed by atoms with E-state index in [4.69, 9.17) is 9.47 Å². The largest absolute Gasteiger partial charge is 0.493 e. The predicted molar refractivity (Wildman–Crippen MR) is 89.2 cm³/mol. The van der Waals surface area contributed by atoms with Crippen LogP contribution < -0.4 is 4.74 Å². The van der Waals surface area contributed by atoms with Crippen molar-refractivity contribution in [1.29, 1.82) is 0 Å². The summed E-state index contributed by atoms with van der Waals surface area (Å²) in [6.07, 6.45) is 0.867. The minimum absolute atomic E-state index is 0.00747. The Morgan fingerprint density at radius 2 is 1.92 bits per heavy atom. The van der Waals surface area contributed by atoms with Gasteiger partial charge in [-0.25, -0.2) is 14.0 Å². The molecule has 1 aliphatic heterocycles. The third kappa shape index (κ3) is 4.03. The van der Waals surface area contributed by atoms with Crippen LogP contribution >= 0.6 is 0 Å². The average molecular weight is 353 g/mol. The van der Waals surface area contributed by atoms with Gasteiger partial charge >= 0.3 is 12.1 Å². The molecule has 1 unspecified atom stereocenters. The lowest BCUT2D eigenvalue weighted by molar-refractivity contribution is 0.0221. The Balaban J connectivity index is 2.37. The molecule has 0 radical (unpaired) electrons. The number of rotatable bonds is 3. The second-order valence-electron chi connectivity index (χ2n) is 6.87. The molecule has 25 heavy (non-hydrogen) atoms. The number of carbonyl (C=O) groups excluding carboxylic acids is 2. The van der Waals surface area contributed by atoms with E-state index in [0.717, 1.165) is 6.42 Å². The molecule has 1 heterocycles. The van der Waals surface area contributed by atoms with Crippen LogP contribution in [0, 0.1) is 5.82 Å². The number of hydrogen-bond donors (Lipinski definition) is 0. The van der Waals surface area contributed by atoms with Crippen LogP contribution in [0.2, 0.25) is 0 Å². The van der Waals surface area contributed by atoms with Crippen LogP contribution in [0.5, 0.6) is 5.75 Å². The summed E-state index contributed by atoms with van der Waals surface area (Å²) in [6, 6.07) is 2.49. The lowest BCUT2D eigenvalue weighted by atomic mass is 10.0. The van der Waals surface area contributed by atoms with E-state index in [-0.39, 0.29) is 11.3 Å². The van der Waals surface area contributed by atoms with Crippen LogP contribution in [0.1, 0.15) is 55.6 Å². The number of ether oxygens (including phenoxy) is 3. The molecule has 0 aromatic heterocycles. The highest BCUT2D eigenvalue weighted by Crippen LogP contribution is 2.38. The Labute approximate surface area is 146 Å². The highest BCUT2D eigenvalue weighted by molar-refractivity contribution is 5.92. The van der Waals surface area contributed by atoms with Gasteiger partial charge in [-0.1, -0.05) is 6.07 Å². The summed E-state index contributed by atoms with van der Waals surface area (Å²) < 4.78 is 30.1. The van der Waals surface area contributed by atoms with Gasteiger partial charge in [0.15, 0.2) is 11.6 Å². The molecule has 0 bridgehead atoms. The lowest BCUT2D eigenvalue weighted by Crippen LogP contribution is -2.36. The first kappa shape index (κ1) is 19.0. The van der Waals surface area contributed by atoms with Gasteiger partial charge in [-0.15, -0.1) is 0 Å². The fraction of sp³-hybridized carbons (Fsp3) is 0.556. The summed E-state index contributed by atoms with van der Waals surface area (Å²) in [5.74, 6) is -1.52. The first-order chi connectivity index (χ1) is 11.7. The molecule has 1 fully saturated rings. The van der Waals surface area contributed by atoms with E-state index in [2.05, 4.69) is 4.74 Å². The highest BCUT2D eigenvalue weighted by atomic mass is 19.1. The Hall–Kier alpha value is -2.31. The number of methoxy groups -OCH3 is 2. The Morgan fingerprint density at radius 1 is 1.24 bits per heavy atom. The molecule has 138 valence electrons. The van der Waals surface area contributed by atoms with Crippen molar-refractivity contribution in [1.82, 2.24) is 4.90 Å². The van der Waals surface area contributed by atoms with Crippen molar-refractivity contribution in [3.05, 3.63) is 29.1 Å². The van der Waals surface area contributed by atoms with Crippen LogP contribution in [0.3, 0.4) is 0 Å². The minimum atomic E-state index is -0.683. The predicted octanol–water partition coefficient (Wildman–Crippen LogP) is 3.69. The van der Waals surface area contributed by atoms with Crippen LogP contribution in [-0.4, -0.2) is 43.3 Å². The maximum Gasteiger partial charge on any atom is 0.410 e. The fourth-order valence-electron chi connectivity index (χ4n) is 2.93. The number of nitrogens with zero attached hydrogens (tertiary/aromatic N) is 1. The minimum Gasteiger partial charge on any atom is -0.493 e. The molecular formula is C18H24FNO5. The number of carbonyl (C=O) groups is 2. The zero-order valence-corrected chi connectivity index (χ0v) is 15.2. The van der Waals surface area contributed by atoms with E-state index >= 15 is 0 Å². The van der Waals surface area contributed by atoms with Crippen LogP contribution in [0.4, 0.5) is 9.18 Å². The molecule has 1 saturated heterocycles. The molecule has 1 aliphatic rings. The third-order valence-corrected chi connectivity index (χ3v) is 3.98. The van der Waals surface area contributed by atoms with E-state index in [0.29, 0.717) is 18.5 Å². The summed E-state index contributed by atoms with van der Waals surface area (Å²) in [5, 5.41) is 0. The van der Waals surface area contributed by atoms with Gasteiger partial charge in [-0.3, -0.25) is 0 Å². The van der Waals surface area contributed by atoms with Gasteiger partial charge in [0, 0.05) is 12.1 Å². The van der Waals surface area contributed by atoms with Gasteiger partial charge in [0.05, 0.1) is 20.3 Å². The van der Waals surface area contributed by atoms with Gasteiger partial charge in [0.1, 0.15) is 11.2 Å². The van der Waals surface area contributed by atoms with Crippen LogP contribution in [-0.2, 0) is 9.47 Å². The second-order valence-corrected chi connectivity index (χ2v) is 6.87. The number of amides is 1. The number of halogens is 1. The molecule has 0 aliphatic carbocycles. The Kier molecular flexibility index (Phi) is 5.55. The summed E-state index contributed by atoms with van der Waals surface area (Å²) in [5.41, 5.74) is -0.323. The molecule has 1 atom stereocenters. The Morgan fingerprint density at radius 3 is 2.48 bits per heavy atom. The molecule has 1 aromatic rings. The van der Waals surface area contributed by atoms with Crippen LogP contribution in [0.25, 0.3) is 0 Å². The fourth-order valence-corrected chi connectivity index (χ4v) is 2.93. The molecular weight excluding hydrogens is 329 g/mol. The van der Waals surface area contributed by atoms with Crippen molar-refractivity contribution in [2.45, 2.75) is 45.3 Å². The summed E-state index contributed by atoms with van der Waals surface area (Å²) in [7, 11) is 2.50. The summed E-state index contributed by atoms with van der Waals surface area (Å²) >= 11 is 0. The van der Waals surface area contributed by atoms with Gasteiger partial charge in [0.25, 0.3) is 0 Å². The second kappa shape index (κ2) is 7.29. The smallest absolute Gasteiger partial charge is 0.410 e. The van der Waals surface area contributed by atoms with E-state index < -0.39 is 29.5 Å². The van der Waals surface area contributed by atoms with Crippen molar-refractivity contribution in [3.8, 4) is 5.75 Å². The maximum absolute atomic E-state index is 14.9. The lowest BCUT2D eigenvalue weighted by Gasteiger charge is -2.29. The highest BCUT2D eigenvalue weighted by Gasteiger charge is 2.36. The summed E-state index contributed by atoms with van der Waals surface area (Å²) in [6.45, 7) is 5.83. The van der Waals surface area contributed by atoms with Gasteiger partial charge < -0.3 is 19.1 Å². The maximum atomic E-state index is 14.9. The van der Waals surface area contributed by atoms with Crippen molar-refractivity contribution in [2.24, 2.45) is 0 Å². The molecule has 0 spiro atoms. The molecule has 0 N–H and O–H groups in total. The molecule has 2 rings (SSSR count). The standard InChI is InChI=1S/C18H24FNO5/c1-18(2,3)25-17(22)20-10-6-7-13(20)11-8-9-12(16(21)24-5)15(23-4)14(11)19/h8-9,13H,6-7,10H2,1-5H3. The number of esters is 1. The number of benzene rings is 1. The van der Waals surface area contributed by atoms with Crippen molar-refractivity contribution in [2.75, 3.05) is 20.8 Å². The normalized spacial score (nSPS) is 17.4. The topological polar surface area (TPSA) is 65.1 Å². The average Bonchev–Trinajstić information content (AvgIpc) is 3.01. The van der Waals surface area contributed by atoms with Crippen molar-refractivity contribution in [3.63, 3.8) is 0 Å². The molecule has 1 aromatic carbocycles. The van der Waals surface area contributed by atoms with Gasteiger partial charge in [-0.2, -0.15) is 0 Å². The van der Waals surface area contributed by atoms with Crippen molar-refractivity contribution >= 4 is 12.1 Å². The van der Waals surface area contributed by atoms with Crippen LogP contribution in [0.15, 0.2) is 12.1 Å². The quantitative estimate of drug-likeness (QED) is 0.776. The molecule has 6 nitrogen and oxygen atoms in total. The van der Waals surface area contributed by atoms with E-state index in [1.807, 2.05) is 0 Å². The van der Waals surface area contributed by atoms with Gasteiger partial charge in [-0.05, 0) is 39.7 Å².